The summed E-state index contributed by atoms with van der Waals surface area (Å²) in [5, 5.41) is 5.99. The maximum Gasteiger partial charge on any atom is 0.231 e. The second kappa shape index (κ2) is 4.79. The molecule has 1 saturated heterocycles. The SMILES string of the molecule is CC1(C(=O)Nc2ccc(F)nc2)CCCNC1. The van der Waals surface area contributed by atoms with E-state index in [2.05, 4.69) is 15.6 Å². The molecule has 1 unspecified atom stereocenters. The summed E-state index contributed by atoms with van der Waals surface area (Å²) < 4.78 is 12.6. The molecule has 1 aliphatic heterocycles. The Hall–Kier alpha value is -1.49. The number of pyridine rings is 1. The molecule has 0 bridgehead atoms. The van der Waals surface area contributed by atoms with Crippen molar-refractivity contribution >= 4 is 11.6 Å². The standard InChI is InChI=1S/C12H16FN3O/c1-12(5-2-6-14-8-12)11(17)16-9-3-4-10(13)15-7-9/h3-4,7,14H,2,5-6,8H2,1H3,(H,16,17). The third-order valence-corrected chi connectivity index (χ3v) is 3.13. The molecule has 0 aliphatic carbocycles. The number of carbonyl (C=O) groups excluding carboxylic acids is 1. The Labute approximate surface area is 99.6 Å². The topological polar surface area (TPSA) is 54.0 Å². The normalized spacial score (nSPS) is 24.4. The van der Waals surface area contributed by atoms with Crippen molar-refractivity contribution in [3.05, 3.63) is 24.3 Å². The van der Waals surface area contributed by atoms with Gasteiger partial charge in [-0.1, -0.05) is 0 Å². The highest BCUT2D eigenvalue weighted by Gasteiger charge is 2.34. The van der Waals surface area contributed by atoms with Crippen LogP contribution < -0.4 is 10.6 Å². The van der Waals surface area contributed by atoms with Gasteiger partial charge in [0.25, 0.3) is 0 Å². The molecule has 1 aliphatic rings. The van der Waals surface area contributed by atoms with E-state index in [1.165, 1.54) is 18.3 Å². The van der Waals surface area contributed by atoms with Gasteiger partial charge in [0.2, 0.25) is 11.9 Å². The molecule has 2 heterocycles. The molecule has 0 aromatic carbocycles. The molecule has 1 aromatic rings. The molecular weight excluding hydrogens is 221 g/mol. The zero-order valence-electron chi connectivity index (χ0n) is 9.79. The summed E-state index contributed by atoms with van der Waals surface area (Å²) in [6.45, 7) is 3.57. The van der Waals surface area contributed by atoms with Crippen molar-refractivity contribution in [1.29, 1.82) is 0 Å². The van der Waals surface area contributed by atoms with Crippen molar-refractivity contribution in [2.45, 2.75) is 19.8 Å². The zero-order chi connectivity index (χ0) is 12.3. The first kappa shape index (κ1) is 12.0. The third-order valence-electron chi connectivity index (χ3n) is 3.13. The lowest BCUT2D eigenvalue weighted by molar-refractivity contribution is -0.125. The van der Waals surface area contributed by atoms with Crippen LogP contribution in [0.2, 0.25) is 0 Å². The van der Waals surface area contributed by atoms with Crippen molar-refractivity contribution in [2.24, 2.45) is 5.41 Å². The smallest absolute Gasteiger partial charge is 0.231 e. The van der Waals surface area contributed by atoms with Gasteiger partial charge in [0.1, 0.15) is 0 Å². The van der Waals surface area contributed by atoms with E-state index in [1.54, 1.807) is 0 Å². The first-order valence-corrected chi connectivity index (χ1v) is 5.74. The number of amides is 1. The molecule has 0 saturated carbocycles. The van der Waals surface area contributed by atoms with Gasteiger partial charge in [0.05, 0.1) is 17.3 Å². The number of piperidine rings is 1. The molecule has 4 nitrogen and oxygen atoms in total. The largest absolute Gasteiger partial charge is 0.324 e. The van der Waals surface area contributed by atoms with E-state index < -0.39 is 11.4 Å². The summed E-state index contributed by atoms with van der Waals surface area (Å²) in [5.74, 6) is -0.591. The molecule has 17 heavy (non-hydrogen) atoms. The van der Waals surface area contributed by atoms with Crippen LogP contribution in [0.5, 0.6) is 0 Å². The fraction of sp³-hybridized carbons (Fsp3) is 0.500. The van der Waals surface area contributed by atoms with Crippen LogP contribution in [0.1, 0.15) is 19.8 Å². The van der Waals surface area contributed by atoms with E-state index in [1.807, 2.05) is 6.92 Å². The van der Waals surface area contributed by atoms with Crippen molar-refractivity contribution in [2.75, 3.05) is 18.4 Å². The molecule has 1 amide bonds. The minimum absolute atomic E-state index is 0.0434. The van der Waals surface area contributed by atoms with Gasteiger partial charge in [-0.2, -0.15) is 4.39 Å². The van der Waals surface area contributed by atoms with Gasteiger partial charge in [0.15, 0.2) is 0 Å². The van der Waals surface area contributed by atoms with Crippen LogP contribution in [0.25, 0.3) is 0 Å². The van der Waals surface area contributed by atoms with Gasteiger partial charge >= 0.3 is 0 Å². The number of hydrogen-bond acceptors (Lipinski definition) is 3. The number of anilines is 1. The van der Waals surface area contributed by atoms with E-state index >= 15 is 0 Å². The van der Waals surface area contributed by atoms with Gasteiger partial charge < -0.3 is 10.6 Å². The van der Waals surface area contributed by atoms with E-state index in [-0.39, 0.29) is 5.91 Å². The average Bonchev–Trinajstić information content (AvgIpc) is 2.33. The highest BCUT2D eigenvalue weighted by molar-refractivity contribution is 5.95. The highest BCUT2D eigenvalue weighted by Crippen LogP contribution is 2.27. The van der Waals surface area contributed by atoms with Crippen LogP contribution in [0.3, 0.4) is 0 Å². The second-order valence-electron chi connectivity index (χ2n) is 4.66. The van der Waals surface area contributed by atoms with Gasteiger partial charge in [-0.15, -0.1) is 0 Å². The Kier molecular flexibility index (Phi) is 3.38. The number of rotatable bonds is 2. The lowest BCUT2D eigenvalue weighted by Gasteiger charge is -2.32. The number of nitrogens with zero attached hydrogens (tertiary/aromatic N) is 1. The average molecular weight is 237 g/mol. The Morgan fingerprint density at radius 1 is 1.59 bits per heavy atom. The lowest BCUT2D eigenvalue weighted by Crippen LogP contribution is -2.46. The number of halogens is 1. The Bertz CT molecular complexity index is 399. The molecule has 2 N–H and O–H groups in total. The van der Waals surface area contributed by atoms with Crippen molar-refractivity contribution < 1.29 is 9.18 Å². The first-order chi connectivity index (χ1) is 8.10. The summed E-state index contributed by atoms with van der Waals surface area (Å²) >= 11 is 0. The van der Waals surface area contributed by atoms with Gasteiger partial charge in [-0.25, -0.2) is 4.98 Å². The quantitative estimate of drug-likeness (QED) is 0.767. The summed E-state index contributed by atoms with van der Waals surface area (Å²) in [4.78, 5) is 15.6. The third kappa shape index (κ3) is 2.79. The Morgan fingerprint density at radius 2 is 2.41 bits per heavy atom. The van der Waals surface area contributed by atoms with Crippen LogP contribution in [0.15, 0.2) is 18.3 Å². The lowest BCUT2D eigenvalue weighted by atomic mass is 9.82. The second-order valence-corrected chi connectivity index (χ2v) is 4.66. The number of nitrogens with one attached hydrogen (secondary N) is 2. The van der Waals surface area contributed by atoms with E-state index in [4.69, 9.17) is 0 Å². The fourth-order valence-electron chi connectivity index (χ4n) is 1.98. The van der Waals surface area contributed by atoms with E-state index in [9.17, 15) is 9.18 Å². The van der Waals surface area contributed by atoms with Crippen molar-refractivity contribution in [3.63, 3.8) is 0 Å². The van der Waals surface area contributed by atoms with Gasteiger partial charge in [-0.05, 0) is 38.4 Å². The summed E-state index contributed by atoms with van der Waals surface area (Å²) in [6, 6.07) is 2.75. The van der Waals surface area contributed by atoms with Crippen molar-refractivity contribution in [3.8, 4) is 0 Å². The minimum atomic E-state index is -0.548. The monoisotopic (exact) mass is 237 g/mol. The molecular formula is C12H16FN3O. The summed E-state index contributed by atoms with van der Waals surface area (Å²) in [7, 11) is 0. The van der Waals surface area contributed by atoms with E-state index in [0.29, 0.717) is 12.2 Å². The van der Waals surface area contributed by atoms with Gasteiger partial charge in [-0.3, -0.25) is 4.79 Å². The van der Waals surface area contributed by atoms with Crippen LogP contribution in [-0.4, -0.2) is 24.0 Å². The summed E-state index contributed by atoms with van der Waals surface area (Å²) in [6.07, 6.45) is 3.18. The van der Waals surface area contributed by atoms with Crippen LogP contribution in [0.4, 0.5) is 10.1 Å². The number of hydrogen-bond donors (Lipinski definition) is 2. The maximum atomic E-state index is 12.6. The van der Waals surface area contributed by atoms with Crippen LogP contribution in [0, 0.1) is 11.4 Å². The number of carbonyl (C=O) groups is 1. The van der Waals surface area contributed by atoms with E-state index in [0.717, 1.165) is 19.4 Å². The minimum Gasteiger partial charge on any atom is -0.324 e. The Balaban J connectivity index is 2.03. The molecule has 1 aromatic heterocycles. The molecule has 1 fully saturated rings. The van der Waals surface area contributed by atoms with Gasteiger partial charge in [0, 0.05) is 6.54 Å². The fourth-order valence-corrected chi connectivity index (χ4v) is 1.98. The Morgan fingerprint density at radius 3 is 3.00 bits per heavy atom. The molecule has 92 valence electrons. The van der Waals surface area contributed by atoms with Crippen LogP contribution >= 0.6 is 0 Å². The molecule has 1 atom stereocenters. The molecule has 5 heteroatoms. The maximum absolute atomic E-state index is 12.6. The molecule has 0 spiro atoms. The first-order valence-electron chi connectivity index (χ1n) is 5.74. The number of aromatic nitrogens is 1. The summed E-state index contributed by atoms with van der Waals surface area (Å²) in [5.41, 5.74) is 0.135. The highest BCUT2D eigenvalue weighted by atomic mass is 19.1. The predicted molar refractivity (Wildman–Crippen MR) is 63.0 cm³/mol. The molecule has 0 radical (unpaired) electrons. The zero-order valence-corrected chi connectivity index (χ0v) is 9.79. The molecule has 2 rings (SSSR count). The van der Waals surface area contributed by atoms with Crippen LogP contribution in [-0.2, 0) is 4.79 Å². The predicted octanol–water partition coefficient (Wildman–Crippen LogP) is 1.55. The van der Waals surface area contributed by atoms with Crippen molar-refractivity contribution in [1.82, 2.24) is 10.3 Å².